The van der Waals surface area contributed by atoms with Gasteiger partial charge in [-0.15, -0.1) is 0 Å². The number of halogens is 3. The Kier molecular flexibility index (Phi) is 3.41. The highest BCUT2D eigenvalue weighted by molar-refractivity contribution is 5.96. The first-order valence-corrected chi connectivity index (χ1v) is 6.88. The lowest BCUT2D eigenvalue weighted by atomic mass is 9.99. The number of hydrogen-bond acceptors (Lipinski definition) is 3. The zero-order chi connectivity index (χ0) is 15.2. The number of alkyl halides is 3. The Morgan fingerprint density at radius 1 is 1.33 bits per heavy atom. The average Bonchev–Trinajstić information content (AvgIpc) is 3.07. The first-order valence-electron chi connectivity index (χ1n) is 6.88. The lowest BCUT2D eigenvalue weighted by molar-refractivity contribution is -0.137. The summed E-state index contributed by atoms with van der Waals surface area (Å²) in [5.41, 5.74) is -0.761. The molecular formula is C14H16F3N3O. The highest BCUT2D eigenvalue weighted by Crippen LogP contribution is 2.36. The lowest BCUT2D eigenvalue weighted by Gasteiger charge is -2.27. The number of rotatable bonds is 2. The molecule has 1 saturated heterocycles. The average molecular weight is 299 g/mol. The minimum atomic E-state index is -4.45. The molecule has 1 amide bonds. The Morgan fingerprint density at radius 3 is 2.67 bits per heavy atom. The van der Waals surface area contributed by atoms with Gasteiger partial charge in [-0.2, -0.15) is 13.2 Å². The van der Waals surface area contributed by atoms with Crippen molar-refractivity contribution in [2.75, 3.05) is 5.01 Å². The van der Waals surface area contributed by atoms with Crippen molar-refractivity contribution in [1.29, 1.82) is 0 Å². The lowest BCUT2D eigenvalue weighted by Crippen LogP contribution is -2.52. The van der Waals surface area contributed by atoms with E-state index >= 15 is 0 Å². The van der Waals surface area contributed by atoms with Crippen LogP contribution >= 0.6 is 0 Å². The molecule has 3 N–H and O–H groups in total. The van der Waals surface area contributed by atoms with Crippen LogP contribution in [0.3, 0.4) is 0 Å². The van der Waals surface area contributed by atoms with E-state index in [9.17, 15) is 18.0 Å². The molecule has 2 aliphatic rings. The van der Waals surface area contributed by atoms with Crippen LogP contribution in [0.4, 0.5) is 18.9 Å². The largest absolute Gasteiger partial charge is 0.416 e. The van der Waals surface area contributed by atoms with Gasteiger partial charge in [-0.25, -0.2) is 10.9 Å². The maximum atomic E-state index is 12.7. The van der Waals surface area contributed by atoms with Gasteiger partial charge >= 0.3 is 6.18 Å². The van der Waals surface area contributed by atoms with Crippen molar-refractivity contribution >= 4 is 11.6 Å². The molecule has 2 bridgehead atoms. The van der Waals surface area contributed by atoms with E-state index in [0.717, 1.165) is 36.4 Å². The predicted octanol–water partition coefficient (Wildman–Crippen LogP) is 2.05. The second-order valence-electron chi connectivity index (χ2n) is 5.67. The number of amides is 1. The molecule has 21 heavy (non-hydrogen) atoms. The predicted molar refractivity (Wildman–Crippen MR) is 71.2 cm³/mol. The van der Waals surface area contributed by atoms with Crippen molar-refractivity contribution in [3.63, 3.8) is 0 Å². The van der Waals surface area contributed by atoms with Crippen LogP contribution in [-0.4, -0.2) is 18.0 Å². The molecule has 0 aromatic heterocycles. The van der Waals surface area contributed by atoms with Crippen molar-refractivity contribution in [3.05, 3.63) is 29.8 Å². The quantitative estimate of drug-likeness (QED) is 0.499. The molecule has 1 heterocycles. The summed E-state index contributed by atoms with van der Waals surface area (Å²) in [5, 5.41) is 4.02. The number of piperidine rings is 1. The summed E-state index contributed by atoms with van der Waals surface area (Å²) >= 11 is 0. The monoisotopic (exact) mass is 299 g/mol. The van der Waals surface area contributed by atoms with Gasteiger partial charge in [0.25, 0.3) is 5.91 Å². The minimum Gasteiger partial charge on any atom is -0.303 e. The van der Waals surface area contributed by atoms with Gasteiger partial charge in [0.15, 0.2) is 0 Å². The highest BCUT2D eigenvalue weighted by Gasteiger charge is 2.44. The third-order valence-electron chi connectivity index (χ3n) is 4.31. The number of nitrogens with zero attached hydrogens (tertiary/aromatic N) is 1. The third-order valence-corrected chi connectivity index (χ3v) is 4.31. The number of hydrogen-bond donors (Lipinski definition) is 2. The summed E-state index contributed by atoms with van der Waals surface area (Å²) in [6, 6.07) is 4.45. The molecule has 1 aliphatic carbocycles. The molecule has 114 valence electrons. The van der Waals surface area contributed by atoms with Crippen LogP contribution in [0.2, 0.25) is 0 Å². The Labute approximate surface area is 120 Å². The summed E-state index contributed by atoms with van der Waals surface area (Å²) in [6.07, 6.45) is -1.51. The standard InChI is InChI=1S/C14H16F3N3O/c15-14(16,17)9-2-1-3-11(7-9)20(18)13(21)12-8-4-5-10(6-8)19-12/h1-3,7-8,10,12,19H,4-6,18H2. The Hall–Kier alpha value is -1.60. The van der Waals surface area contributed by atoms with Crippen LogP contribution in [-0.2, 0) is 11.0 Å². The fraction of sp³-hybridized carbons (Fsp3) is 0.500. The van der Waals surface area contributed by atoms with E-state index in [4.69, 9.17) is 5.84 Å². The molecule has 0 radical (unpaired) electrons. The molecule has 1 saturated carbocycles. The highest BCUT2D eigenvalue weighted by atomic mass is 19.4. The number of hydrazine groups is 1. The number of nitrogens with one attached hydrogen (secondary N) is 1. The van der Waals surface area contributed by atoms with E-state index in [1.54, 1.807) is 0 Å². The Bertz CT molecular complexity index is 561. The van der Waals surface area contributed by atoms with E-state index < -0.39 is 11.7 Å². The van der Waals surface area contributed by atoms with Gasteiger partial charge < -0.3 is 5.32 Å². The normalized spacial score (nSPS) is 27.9. The summed E-state index contributed by atoms with van der Waals surface area (Å²) in [7, 11) is 0. The number of fused-ring (bicyclic) bond motifs is 2. The van der Waals surface area contributed by atoms with Crippen LogP contribution in [0.25, 0.3) is 0 Å². The second kappa shape index (κ2) is 4.99. The molecular weight excluding hydrogens is 283 g/mol. The van der Waals surface area contributed by atoms with Gasteiger partial charge in [0.05, 0.1) is 17.3 Å². The van der Waals surface area contributed by atoms with E-state index in [-0.39, 0.29) is 23.6 Å². The molecule has 0 spiro atoms. The number of nitrogens with two attached hydrogens (primary N) is 1. The molecule has 1 aromatic carbocycles. The zero-order valence-corrected chi connectivity index (χ0v) is 11.2. The van der Waals surface area contributed by atoms with Crippen molar-refractivity contribution in [3.8, 4) is 0 Å². The van der Waals surface area contributed by atoms with Crippen molar-refractivity contribution in [1.82, 2.24) is 5.32 Å². The fourth-order valence-electron chi connectivity index (χ4n) is 3.24. The number of benzene rings is 1. The van der Waals surface area contributed by atoms with Gasteiger partial charge in [-0.05, 0) is 43.4 Å². The maximum Gasteiger partial charge on any atom is 0.416 e. The Morgan fingerprint density at radius 2 is 2.10 bits per heavy atom. The van der Waals surface area contributed by atoms with Crippen molar-refractivity contribution in [2.24, 2.45) is 11.8 Å². The summed E-state index contributed by atoms with van der Waals surface area (Å²) in [5.74, 6) is 5.60. The van der Waals surface area contributed by atoms with Gasteiger partial charge in [0.1, 0.15) is 0 Å². The molecule has 3 unspecified atom stereocenters. The van der Waals surface area contributed by atoms with E-state index in [1.165, 1.54) is 12.1 Å². The summed E-state index contributed by atoms with van der Waals surface area (Å²) < 4.78 is 38.1. The van der Waals surface area contributed by atoms with Crippen LogP contribution in [0.15, 0.2) is 24.3 Å². The number of carbonyl (C=O) groups is 1. The molecule has 1 aliphatic heterocycles. The van der Waals surface area contributed by atoms with E-state index in [0.29, 0.717) is 6.04 Å². The van der Waals surface area contributed by atoms with Gasteiger partial charge in [0, 0.05) is 6.04 Å². The smallest absolute Gasteiger partial charge is 0.303 e. The summed E-state index contributed by atoms with van der Waals surface area (Å²) in [4.78, 5) is 12.4. The molecule has 3 rings (SSSR count). The first-order chi connectivity index (χ1) is 9.86. The molecule has 3 atom stereocenters. The zero-order valence-electron chi connectivity index (χ0n) is 11.2. The Balaban J connectivity index is 1.79. The van der Waals surface area contributed by atoms with Crippen molar-refractivity contribution in [2.45, 2.75) is 37.5 Å². The van der Waals surface area contributed by atoms with E-state index in [1.807, 2.05) is 0 Å². The minimum absolute atomic E-state index is 0.0550. The molecule has 2 fully saturated rings. The topological polar surface area (TPSA) is 58.4 Å². The van der Waals surface area contributed by atoms with Gasteiger partial charge in [0.2, 0.25) is 0 Å². The van der Waals surface area contributed by atoms with Gasteiger partial charge in [-0.1, -0.05) is 6.07 Å². The summed E-state index contributed by atoms with van der Waals surface area (Å²) in [6.45, 7) is 0. The number of anilines is 1. The van der Waals surface area contributed by atoms with Crippen LogP contribution < -0.4 is 16.2 Å². The van der Waals surface area contributed by atoms with E-state index in [2.05, 4.69) is 5.32 Å². The third kappa shape index (κ3) is 2.63. The van der Waals surface area contributed by atoms with Crippen molar-refractivity contribution < 1.29 is 18.0 Å². The first kappa shape index (κ1) is 14.3. The number of carbonyl (C=O) groups excluding carboxylic acids is 1. The van der Waals surface area contributed by atoms with Crippen LogP contribution in [0, 0.1) is 5.92 Å². The maximum absolute atomic E-state index is 12.7. The second-order valence-corrected chi connectivity index (χ2v) is 5.67. The molecule has 4 nitrogen and oxygen atoms in total. The molecule has 1 aromatic rings. The SMILES string of the molecule is NN(C(=O)C1NC2CCC1C2)c1cccc(C(F)(F)F)c1. The van der Waals surface area contributed by atoms with Crippen LogP contribution in [0.5, 0.6) is 0 Å². The van der Waals surface area contributed by atoms with Crippen LogP contribution in [0.1, 0.15) is 24.8 Å². The fourth-order valence-corrected chi connectivity index (χ4v) is 3.24. The van der Waals surface area contributed by atoms with Gasteiger partial charge in [-0.3, -0.25) is 4.79 Å². The molecule has 7 heteroatoms.